The van der Waals surface area contributed by atoms with E-state index in [1.807, 2.05) is 13.0 Å². The van der Waals surface area contributed by atoms with Crippen molar-refractivity contribution in [2.75, 3.05) is 77.6 Å². The van der Waals surface area contributed by atoms with Crippen molar-refractivity contribution in [3.63, 3.8) is 0 Å². The highest BCUT2D eigenvalue weighted by molar-refractivity contribution is 6.31. The second kappa shape index (κ2) is 16.2. The molecule has 0 saturated carbocycles. The van der Waals surface area contributed by atoms with E-state index in [2.05, 4.69) is 0 Å². The highest BCUT2D eigenvalue weighted by Gasteiger charge is 2.22. The number of anilines is 2. The highest BCUT2D eigenvalue weighted by atomic mass is 35.5. The number of carbonyl (C=O) groups is 4. The molecular weight excluding hydrogens is 560 g/mol. The Morgan fingerprint density at radius 2 is 1.05 bits per heavy atom. The Balaban J connectivity index is 2.27. The van der Waals surface area contributed by atoms with Crippen molar-refractivity contribution in [1.29, 1.82) is 0 Å². The molecule has 0 N–H and O–H groups in total. The Hall–Kier alpha value is -4.19. The summed E-state index contributed by atoms with van der Waals surface area (Å²) in [5.74, 6) is -1.48. The summed E-state index contributed by atoms with van der Waals surface area (Å²) < 4.78 is 31.1. The minimum absolute atomic E-state index is 0.0552. The molecule has 0 bridgehead atoms. The number of hydrogen-bond acceptors (Lipinski definition) is 12. The van der Waals surface area contributed by atoms with E-state index >= 15 is 0 Å². The molecule has 0 unspecified atom stereocenters. The van der Waals surface area contributed by atoms with Crippen LogP contribution in [0.25, 0.3) is 0 Å². The van der Waals surface area contributed by atoms with E-state index in [1.54, 1.807) is 31.2 Å². The van der Waals surface area contributed by atoms with Crippen LogP contribution in [0.3, 0.4) is 0 Å². The summed E-state index contributed by atoms with van der Waals surface area (Å²) in [5, 5.41) is 0.406. The van der Waals surface area contributed by atoms with Gasteiger partial charge in [-0.05, 0) is 49.2 Å². The zero-order chi connectivity index (χ0) is 30.5. The maximum Gasteiger partial charge on any atom is 0.325 e. The Labute approximate surface area is 243 Å². The quantitative estimate of drug-likeness (QED) is 0.171. The standard InChI is InChI=1S/C28H35ClN2O10/c1-18-7-8-23(21(11-18)30(14-25(32)36-3)15-26(33)37-4)40-9-10-41-24-12-19(2)20(29)13-22(24)31(16-27(34)38-5)17-28(35)39-6/h7-8,11-13H,9-10,14-17H2,1-6H3. The van der Waals surface area contributed by atoms with Crippen LogP contribution in [0.2, 0.25) is 5.02 Å². The lowest BCUT2D eigenvalue weighted by Gasteiger charge is -2.26. The average molecular weight is 595 g/mol. The Kier molecular flexibility index (Phi) is 13.0. The molecule has 0 radical (unpaired) electrons. The van der Waals surface area contributed by atoms with Gasteiger partial charge in [0.1, 0.15) is 50.9 Å². The fraction of sp³-hybridized carbons (Fsp3) is 0.429. The zero-order valence-corrected chi connectivity index (χ0v) is 24.7. The molecule has 0 atom stereocenters. The predicted octanol–water partition coefficient (Wildman–Crippen LogP) is 2.72. The molecule has 0 aromatic heterocycles. The zero-order valence-electron chi connectivity index (χ0n) is 24.0. The molecule has 0 amide bonds. The lowest BCUT2D eigenvalue weighted by atomic mass is 10.2. The lowest BCUT2D eigenvalue weighted by molar-refractivity contribution is -0.141. The molecule has 0 aliphatic heterocycles. The molecule has 2 aromatic carbocycles. The maximum absolute atomic E-state index is 12.1. The second-order valence-electron chi connectivity index (χ2n) is 8.75. The first kappa shape index (κ1) is 33.0. The number of esters is 4. The number of carbonyl (C=O) groups excluding carboxylic acids is 4. The number of benzene rings is 2. The van der Waals surface area contributed by atoms with Gasteiger partial charge in [-0.15, -0.1) is 0 Å². The number of nitrogens with zero attached hydrogens (tertiary/aromatic N) is 2. The first-order chi connectivity index (χ1) is 19.5. The molecule has 2 rings (SSSR count). The minimum Gasteiger partial charge on any atom is -0.488 e. The fourth-order valence-corrected chi connectivity index (χ4v) is 3.80. The summed E-state index contributed by atoms with van der Waals surface area (Å²) >= 11 is 6.36. The van der Waals surface area contributed by atoms with Gasteiger partial charge >= 0.3 is 23.9 Å². The van der Waals surface area contributed by atoms with Gasteiger partial charge in [0.15, 0.2) is 0 Å². The molecule has 0 heterocycles. The lowest BCUT2D eigenvalue weighted by Crippen LogP contribution is -2.36. The number of halogens is 1. The van der Waals surface area contributed by atoms with Crippen LogP contribution in [0, 0.1) is 13.8 Å². The van der Waals surface area contributed by atoms with Gasteiger partial charge in [0.2, 0.25) is 0 Å². The van der Waals surface area contributed by atoms with Crippen molar-refractivity contribution in [2.24, 2.45) is 0 Å². The number of methoxy groups -OCH3 is 4. The van der Waals surface area contributed by atoms with Crippen LogP contribution in [0.15, 0.2) is 30.3 Å². The van der Waals surface area contributed by atoms with Crippen LogP contribution in [-0.4, -0.2) is 91.7 Å². The summed E-state index contributed by atoms with van der Waals surface area (Å²) in [6.45, 7) is 2.87. The predicted molar refractivity (Wildman–Crippen MR) is 151 cm³/mol. The number of hydrogen-bond donors (Lipinski definition) is 0. The van der Waals surface area contributed by atoms with Crippen LogP contribution >= 0.6 is 11.6 Å². The van der Waals surface area contributed by atoms with Gasteiger partial charge in [-0.1, -0.05) is 17.7 Å². The molecule has 0 saturated heterocycles. The van der Waals surface area contributed by atoms with E-state index in [0.29, 0.717) is 33.5 Å². The molecule has 41 heavy (non-hydrogen) atoms. The van der Waals surface area contributed by atoms with Crippen molar-refractivity contribution < 1.29 is 47.6 Å². The summed E-state index contributed by atoms with van der Waals surface area (Å²) in [6, 6.07) is 8.60. The molecular formula is C28H35ClN2O10. The number of ether oxygens (including phenoxy) is 6. The van der Waals surface area contributed by atoms with Gasteiger partial charge < -0.3 is 38.2 Å². The maximum atomic E-state index is 12.1. The third-order valence-electron chi connectivity index (χ3n) is 5.83. The molecule has 12 nitrogen and oxygen atoms in total. The van der Waals surface area contributed by atoms with Crippen molar-refractivity contribution in [1.82, 2.24) is 0 Å². The Morgan fingerprint density at radius 3 is 1.49 bits per heavy atom. The molecule has 0 fully saturated rings. The van der Waals surface area contributed by atoms with Gasteiger partial charge in [0.05, 0.1) is 39.8 Å². The molecule has 0 aliphatic rings. The summed E-state index contributed by atoms with van der Waals surface area (Å²) in [5.41, 5.74) is 2.46. The molecule has 0 aliphatic carbocycles. The van der Waals surface area contributed by atoms with Crippen LogP contribution in [0.5, 0.6) is 11.5 Å². The van der Waals surface area contributed by atoms with E-state index in [9.17, 15) is 19.2 Å². The van der Waals surface area contributed by atoms with E-state index in [0.717, 1.165) is 5.56 Å². The third kappa shape index (κ3) is 10.1. The third-order valence-corrected chi connectivity index (χ3v) is 6.23. The topological polar surface area (TPSA) is 130 Å². The molecule has 13 heteroatoms. The van der Waals surface area contributed by atoms with Crippen LogP contribution in [0.1, 0.15) is 11.1 Å². The van der Waals surface area contributed by atoms with Gasteiger partial charge in [-0.2, -0.15) is 0 Å². The molecule has 2 aromatic rings. The summed E-state index contributed by atoms with van der Waals surface area (Å²) in [4.78, 5) is 51.1. The normalized spacial score (nSPS) is 10.3. The van der Waals surface area contributed by atoms with Crippen LogP contribution in [-0.2, 0) is 38.1 Å². The highest BCUT2D eigenvalue weighted by Crippen LogP contribution is 2.35. The number of rotatable bonds is 15. The molecule has 0 spiro atoms. The van der Waals surface area contributed by atoms with Gasteiger partial charge in [-0.3, -0.25) is 19.2 Å². The summed E-state index contributed by atoms with van der Waals surface area (Å²) in [7, 11) is 5.00. The SMILES string of the molecule is COC(=O)CN(CC(=O)OC)c1cc(C)ccc1OCCOc1cc(C)c(Cl)cc1N(CC(=O)OC)CC(=O)OC. The van der Waals surface area contributed by atoms with E-state index in [1.165, 1.54) is 38.2 Å². The van der Waals surface area contributed by atoms with Gasteiger partial charge in [0, 0.05) is 5.02 Å². The average Bonchev–Trinajstić information content (AvgIpc) is 2.96. The Morgan fingerprint density at radius 1 is 0.634 bits per heavy atom. The first-order valence-corrected chi connectivity index (χ1v) is 12.8. The Bertz CT molecular complexity index is 1200. The van der Waals surface area contributed by atoms with Gasteiger partial charge in [-0.25, -0.2) is 0 Å². The van der Waals surface area contributed by atoms with Crippen LogP contribution < -0.4 is 19.3 Å². The monoisotopic (exact) mass is 594 g/mol. The van der Waals surface area contributed by atoms with E-state index in [-0.39, 0.29) is 39.4 Å². The molecule has 224 valence electrons. The minimum atomic E-state index is -0.574. The van der Waals surface area contributed by atoms with E-state index in [4.69, 9.17) is 40.0 Å². The fourth-order valence-electron chi connectivity index (χ4n) is 3.64. The largest absolute Gasteiger partial charge is 0.488 e. The van der Waals surface area contributed by atoms with Crippen molar-refractivity contribution >= 4 is 46.9 Å². The first-order valence-electron chi connectivity index (χ1n) is 12.5. The second-order valence-corrected chi connectivity index (χ2v) is 9.16. The van der Waals surface area contributed by atoms with Gasteiger partial charge in [0.25, 0.3) is 0 Å². The summed E-state index contributed by atoms with van der Waals surface area (Å²) in [6.07, 6.45) is 0. The smallest absolute Gasteiger partial charge is 0.325 e. The van der Waals surface area contributed by atoms with Crippen molar-refractivity contribution in [3.8, 4) is 11.5 Å². The van der Waals surface area contributed by atoms with Crippen LogP contribution in [0.4, 0.5) is 11.4 Å². The van der Waals surface area contributed by atoms with E-state index < -0.39 is 23.9 Å². The van der Waals surface area contributed by atoms with Crippen molar-refractivity contribution in [2.45, 2.75) is 13.8 Å². The van der Waals surface area contributed by atoms with Crippen molar-refractivity contribution in [3.05, 3.63) is 46.5 Å². The number of aryl methyl sites for hydroxylation is 2.